The van der Waals surface area contributed by atoms with E-state index in [0.29, 0.717) is 12.2 Å². The normalized spacial score (nSPS) is 11.5. The quantitative estimate of drug-likeness (QED) is 0.262. The molecule has 144 valence electrons. The van der Waals surface area contributed by atoms with Gasteiger partial charge in [-0.2, -0.15) is 0 Å². The summed E-state index contributed by atoms with van der Waals surface area (Å²) in [5.41, 5.74) is 7.64. The van der Waals surface area contributed by atoms with E-state index in [1.807, 2.05) is 18.2 Å². The number of nitrogens with one attached hydrogen (secondary N) is 2. The van der Waals surface area contributed by atoms with Gasteiger partial charge in [0, 0.05) is 16.1 Å². The maximum Gasteiger partial charge on any atom is 0.333 e. The lowest BCUT2D eigenvalue weighted by Crippen LogP contribution is -2.23. The van der Waals surface area contributed by atoms with E-state index in [0.717, 1.165) is 27.6 Å². The average Bonchev–Trinajstić information content (AvgIpc) is 2.67. The van der Waals surface area contributed by atoms with Gasteiger partial charge in [0.2, 0.25) is 0 Å². The number of amidine groups is 1. The van der Waals surface area contributed by atoms with Crippen LogP contribution in [-0.2, 0) is 9.53 Å². The molecule has 27 heavy (non-hydrogen) atoms. The molecule has 7 heteroatoms. The van der Waals surface area contributed by atoms with E-state index in [1.54, 1.807) is 50.1 Å². The van der Waals surface area contributed by atoms with Crippen molar-refractivity contribution in [2.45, 2.75) is 24.8 Å². The van der Waals surface area contributed by atoms with E-state index in [9.17, 15) is 4.79 Å². The van der Waals surface area contributed by atoms with Crippen molar-refractivity contribution in [2.24, 2.45) is 5.73 Å². The molecule has 4 N–H and O–H groups in total. The van der Waals surface area contributed by atoms with Crippen LogP contribution in [0.2, 0.25) is 0 Å². The molecule has 0 amide bonds. The minimum absolute atomic E-state index is 0.000112. The van der Waals surface area contributed by atoms with Crippen LogP contribution in [0.3, 0.4) is 0 Å². The summed E-state index contributed by atoms with van der Waals surface area (Å²) in [7, 11) is 1.63. The Kier molecular flexibility index (Phi) is 7.55. The van der Waals surface area contributed by atoms with Gasteiger partial charge in [-0.15, -0.1) is 11.8 Å². The van der Waals surface area contributed by atoms with Crippen LogP contribution in [0.5, 0.6) is 5.75 Å². The Balaban J connectivity index is 2.35. The van der Waals surface area contributed by atoms with E-state index in [-0.39, 0.29) is 11.8 Å². The number of thioether (sulfide) groups is 1. The molecule has 0 saturated carbocycles. The molecule has 2 aromatic rings. The summed E-state index contributed by atoms with van der Waals surface area (Å²) in [4.78, 5) is 13.5. The lowest BCUT2D eigenvalue weighted by molar-refractivity contribution is -0.144. The first-order chi connectivity index (χ1) is 13.0. The molecule has 0 aliphatic heterocycles. The lowest BCUT2D eigenvalue weighted by Gasteiger charge is -2.20. The lowest BCUT2D eigenvalue weighted by atomic mass is 10.1. The summed E-state index contributed by atoms with van der Waals surface area (Å²) in [6.07, 6.45) is 0. The number of benzene rings is 2. The zero-order valence-electron chi connectivity index (χ0n) is 15.7. The van der Waals surface area contributed by atoms with E-state index >= 15 is 0 Å². The van der Waals surface area contributed by atoms with Crippen molar-refractivity contribution >= 4 is 29.3 Å². The summed E-state index contributed by atoms with van der Waals surface area (Å²) in [5.74, 6) is 1.31. The number of carbonyl (C=O) groups excluding carboxylic acids is 1. The summed E-state index contributed by atoms with van der Waals surface area (Å²) in [6.45, 7) is 4.14. The Labute approximate surface area is 163 Å². The first-order valence-corrected chi connectivity index (χ1v) is 9.67. The standard InChI is InChI=1S/C20H25N3O3S/c1-4-26-20(24)18(23-15-9-6-13(7-10-15)19(21)22)14-8-11-16(25-3)17(12-14)27-5-2/h6-12,18,23H,4-5H2,1-3H3,(H3,21,22). The molecule has 0 aliphatic rings. The molecular formula is C20H25N3O3S. The van der Waals surface area contributed by atoms with Gasteiger partial charge in [-0.1, -0.05) is 13.0 Å². The minimum Gasteiger partial charge on any atom is -0.496 e. The molecule has 0 radical (unpaired) electrons. The largest absolute Gasteiger partial charge is 0.496 e. The van der Waals surface area contributed by atoms with Crippen LogP contribution in [0.4, 0.5) is 5.69 Å². The van der Waals surface area contributed by atoms with Gasteiger partial charge in [-0.25, -0.2) is 4.79 Å². The van der Waals surface area contributed by atoms with Crippen LogP contribution in [-0.4, -0.2) is 31.3 Å². The molecule has 0 saturated heterocycles. The van der Waals surface area contributed by atoms with Crippen molar-refractivity contribution in [1.29, 1.82) is 5.41 Å². The SMILES string of the molecule is CCOC(=O)C(Nc1ccc(C(=N)N)cc1)c1ccc(OC)c(SCC)c1. The Morgan fingerprint density at radius 1 is 1.22 bits per heavy atom. The number of methoxy groups -OCH3 is 1. The smallest absolute Gasteiger partial charge is 0.333 e. The fraction of sp³-hybridized carbons (Fsp3) is 0.300. The number of hydrogen-bond donors (Lipinski definition) is 3. The highest BCUT2D eigenvalue weighted by molar-refractivity contribution is 7.99. The third-order valence-corrected chi connectivity index (χ3v) is 4.77. The molecule has 0 bridgehead atoms. The molecule has 0 heterocycles. The molecule has 2 aromatic carbocycles. The van der Waals surface area contributed by atoms with Crippen LogP contribution in [0.15, 0.2) is 47.4 Å². The van der Waals surface area contributed by atoms with E-state index in [4.69, 9.17) is 20.6 Å². The Bertz CT molecular complexity index is 794. The fourth-order valence-corrected chi connectivity index (χ4v) is 3.38. The topological polar surface area (TPSA) is 97.4 Å². The zero-order chi connectivity index (χ0) is 19.8. The van der Waals surface area contributed by atoms with Gasteiger partial charge in [-0.05, 0) is 54.6 Å². The number of esters is 1. The van der Waals surface area contributed by atoms with Gasteiger partial charge in [0.25, 0.3) is 0 Å². The highest BCUT2D eigenvalue weighted by Gasteiger charge is 2.23. The molecule has 1 unspecified atom stereocenters. The molecule has 0 spiro atoms. The number of hydrogen-bond acceptors (Lipinski definition) is 6. The van der Waals surface area contributed by atoms with Crippen LogP contribution in [0, 0.1) is 5.41 Å². The van der Waals surface area contributed by atoms with Crippen molar-refractivity contribution in [3.05, 3.63) is 53.6 Å². The van der Waals surface area contributed by atoms with Gasteiger partial charge < -0.3 is 20.5 Å². The monoisotopic (exact) mass is 387 g/mol. The highest BCUT2D eigenvalue weighted by atomic mass is 32.2. The van der Waals surface area contributed by atoms with Gasteiger partial charge in [0.1, 0.15) is 11.6 Å². The number of nitrogens with two attached hydrogens (primary N) is 1. The number of anilines is 1. The highest BCUT2D eigenvalue weighted by Crippen LogP contribution is 2.33. The summed E-state index contributed by atoms with van der Waals surface area (Å²) >= 11 is 1.65. The number of carbonyl (C=O) groups is 1. The molecule has 0 fully saturated rings. The molecular weight excluding hydrogens is 362 g/mol. The second kappa shape index (κ2) is 9.87. The minimum atomic E-state index is -0.657. The zero-order valence-corrected chi connectivity index (χ0v) is 16.6. The predicted molar refractivity (Wildman–Crippen MR) is 110 cm³/mol. The van der Waals surface area contributed by atoms with Crippen molar-refractivity contribution in [3.63, 3.8) is 0 Å². The second-order valence-electron chi connectivity index (χ2n) is 5.66. The van der Waals surface area contributed by atoms with Crippen LogP contribution in [0.1, 0.15) is 31.0 Å². The maximum absolute atomic E-state index is 12.6. The molecule has 1 atom stereocenters. The summed E-state index contributed by atoms with van der Waals surface area (Å²) in [5, 5.41) is 10.7. The van der Waals surface area contributed by atoms with Crippen molar-refractivity contribution in [3.8, 4) is 5.75 Å². The summed E-state index contributed by atoms with van der Waals surface area (Å²) in [6, 6.07) is 12.1. The molecule has 2 rings (SSSR count). The number of ether oxygens (including phenoxy) is 2. The van der Waals surface area contributed by atoms with Crippen LogP contribution < -0.4 is 15.8 Å². The second-order valence-corrected chi connectivity index (χ2v) is 6.97. The number of rotatable bonds is 9. The molecule has 6 nitrogen and oxygen atoms in total. The average molecular weight is 388 g/mol. The maximum atomic E-state index is 12.6. The Morgan fingerprint density at radius 3 is 2.48 bits per heavy atom. The van der Waals surface area contributed by atoms with Crippen molar-refractivity contribution < 1.29 is 14.3 Å². The Morgan fingerprint density at radius 2 is 1.93 bits per heavy atom. The van der Waals surface area contributed by atoms with Crippen LogP contribution >= 0.6 is 11.8 Å². The van der Waals surface area contributed by atoms with E-state index < -0.39 is 6.04 Å². The Hall–Kier alpha value is -2.67. The van der Waals surface area contributed by atoms with Crippen LogP contribution in [0.25, 0.3) is 0 Å². The van der Waals surface area contributed by atoms with E-state index in [2.05, 4.69) is 12.2 Å². The van der Waals surface area contributed by atoms with Gasteiger partial charge in [0.15, 0.2) is 6.04 Å². The van der Waals surface area contributed by atoms with Crippen molar-refractivity contribution in [2.75, 3.05) is 24.8 Å². The first kappa shape index (κ1) is 20.6. The first-order valence-electron chi connectivity index (χ1n) is 8.68. The van der Waals surface area contributed by atoms with Gasteiger partial charge in [-0.3, -0.25) is 5.41 Å². The summed E-state index contributed by atoms with van der Waals surface area (Å²) < 4.78 is 10.7. The predicted octanol–water partition coefficient (Wildman–Crippen LogP) is 3.81. The van der Waals surface area contributed by atoms with Crippen molar-refractivity contribution in [1.82, 2.24) is 0 Å². The van der Waals surface area contributed by atoms with Gasteiger partial charge in [0.05, 0.1) is 13.7 Å². The molecule has 0 aliphatic carbocycles. The number of nitrogen functional groups attached to an aromatic ring is 1. The van der Waals surface area contributed by atoms with E-state index in [1.165, 1.54) is 0 Å². The molecule has 0 aromatic heterocycles. The third kappa shape index (κ3) is 5.40. The third-order valence-electron chi connectivity index (χ3n) is 3.85. The van der Waals surface area contributed by atoms with Gasteiger partial charge >= 0.3 is 5.97 Å². The fourth-order valence-electron chi connectivity index (χ4n) is 2.56.